The van der Waals surface area contributed by atoms with Gasteiger partial charge in [-0.05, 0) is 61.4 Å². The molecule has 0 bridgehead atoms. The zero-order valence-electron chi connectivity index (χ0n) is 12.8. The molecule has 0 spiro atoms. The second-order valence-corrected chi connectivity index (χ2v) is 6.74. The van der Waals surface area contributed by atoms with E-state index in [2.05, 4.69) is 31.9 Å². The molecule has 0 aliphatic rings. The van der Waals surface area contributed by atoms with Gasteiger partial charge in [-0.1, -0.05) is 31.9 Å². The maximum atomic E-state index is 11.9. The fraction of sp³-hybridized carbons (Fsp3) is 0.188. The Kier molecular flexibility index (Phi) is 7.28. The molecule has 3 N–H and O–H groups in total. The number of nitrogen functional groups attached to an aromatic ring is 1. The van der Waals surface area contributed by atoms with Gasteiger partial charge in [0.2, 0.25) is 0 Å². The summed E-state index contributed by atoms with van der Waals surface area (Å²) >= 11 is 6.51. The Balaban J connectivity index is 0.000000272. The molecule has 0 saturated carbocycles. The second kappa shape index (κ2) is 8.53. The third-order valence-corrected chi connectivity index (χ3v) is 3.91. The summed E-state index contributed by atoms with van der Waals surface area (Å²) in [6, 6.07) is 10.4. The zero-order chi connectivity index (χ0) is 18.5. The predicted octanol–water partition coefficient (Wildman–Crippen LogP) is 5.60. The number of benzene rings is 2. The van der Waals surface area contributed by atoms with E-state index in [0.717, 1.165) is 20.2 Å². The molecule has 0 fully saturated rings. The zero-order valence-corrected chi connectivity index (χ0v) is 16.0. The lowest BCUT2D eigenvalue weighted by Crippen LogP contribution is -2.30. The first kappa shape index (κ1) is 20.5. The van der Waals surface area contributed by atoms with E-state index in [1.54, 1.807) is 24.4 Å². The van der Waals surface area contributed by atoms with E-state index in [4.69, 9.17) is 5.73 Å². The first-order valence-electron chi connectivity index (χ1n) is 6.66. The minimum Gasteiger partial charge on any atom is -0.399 e. The molecule has 0 heterocycles. The molecule has 3 nitrogen and oxygen atoms in total. The van der Waals surface area contributed by atoms with Gasteiger partial charge in [-0.25, -0.2) is 0 Å². The molecule has 0 atom stereocenters. The highest BCUT2D eigenvalue weighted by Gasteiger charge is 2.38. The van der Waals surface area contributed by atoms with Crippen molar-refractivity contribution in [1.82, 2.24) is 0 Å². The summed E-state index contributed by atoms with van der Waals surface area (Å²) in [6.45, 7) is 3.59. The van der Waals surface area contributed by atoms with Crippen LogP contribution in [0, 0.1) is 13.8 Å². The van der Waals surface area contributed by atoms with Crippen LogP contribution in [-0.2, 0) is 4.79 Å². The maximum Gasteiger partial charge on any atom is 0.471 e. The number of hydrogen-bond donors (Lipinski definition) is 2. The van der Waals surface area contributed by atoms with Crippen LogP contribution in [0.4, 0.5) is 24.5 Å². The first-order chi connectivity index (χ1) is 11.0. The summed E-state index contributed by atoms with van der Waals surface area (Å²) in [4.78, 5) is 10.6. The number of rotatable bonds is 1. The van der Waals surface area contributed by atoms with Crippen molar-refractivity contribution in [3.05, 3.63) is 56.5 Å². The lowest BCUT2D eigenvalue weighted by atomic mass is 10.2. The molecule has 0 aromatic heterocycles. The molecule has 1 amide bonds. The molecule has 0 saturated heterocycles. The number of halogens is 5. The number of carbonyl (C=O) groups is 1. The smallest absolute Gasteiger partial charge is 0.399 e. The normalized spacial score (nSPS) is 10.6. The van der Waals surface area contributed by atoms with Gasteiger partial charge in [0.05, 0.1) is 0 Å². The van der Waals surface area contributed by atoms with E-state index in [0.29, 0.717) is 5.56 Å². The monoisotopic (exact) mass is 466 g/mol. The van der Waals surface area contributed by atoms with Crippen LogP contribution in [0.1, 0.15) is 11.1 Å². The number of nitrogens with two attached hydrogens (primary N) is 1. The van der Waals surface area contributed by atoms with Crippen LogP contribution in [-0.4, -0.2) is 12.1 Å². The fourth-order valence-corrected chi connectivity index (χ4v) is 2.55. The van der Waals surface area contributed by atoms with Crippen molar-refractivity contribution in [1.29, 1.82) is 0 Å². The molecular formula is C16H15Br2F3N2O. The summed E-state index contributed by atoms with van der Waals surface area (Å²) in [5.41, 5.74) is 8.24. The number of hydrogen-bond acceptors (Lipinski definition) is 2. The van der Waals surface area contributed by atoms with Crippen molar-refractivity contribution in [2.24, 2.45) is 0 Å². The third kappa shape index (κ3) is 6.52. The summed E-state index contributed by atoms with van der Waals surface area (Å²) in [6.07, 6.45) is -4.86. The van der Waals surface area contributed by atoms with Gasteiger partial charge in [0.25, 0.3) is 0 Å². The average Bonchev–Trinajstić information content (AvgIpc) is 2.46. The van der Waals surface area contributed by atoms with Gasteiger partial charge in [0.15, 0.2) is 0 Å². The Hall–Kier alpha value is -1.54. The second-order valence-electron chi connectivity index (χ2n) is 4.91. The van der Waals surface area contributed by atoms with Crippen molar-refractivity contribution in [3.63, 3.8) is 0 Å². The molecule has 0 aliphatic carbocycles. The summed E-state index contributed by atoms with van der Waals surface area (Å²) in [5, 5.41) is 1.79. The molecule has 2 rings (SSSR count). The molecule has 2 aromatic carbocycles. The van der Waals surface area contributed by atoms with Crippen LogP contribution >= 0.6 is 31.9 Å². The van der Waals surface area contributed by atoms with E-state index in [1.165, 1.54) is 6.07 Å². The number of carbonyl (C=O) groups excluding carboxylic acids is 1. The summed E-state index contributed by atoms with van der Waals surface area (Å²) < 4.78 is 37.6. The topological polar surface area (TPSA) is 55.1 Å². The Morgan fingerprint density at radius 2 is 1.50 bits per heavy atom. The van der Waals surface area contributed by atoms with Gasteiger partial charge < -0.3 is 11.1 Å². The van der Waals surface area contributed by atoms with Crippen molar-refractivity contribution >= 4 is 49.1 Å². The van der Waals surface area contributed by atoms with Crippen molar-refractivity contribution in [3.8, 4) is 0 Å². The molecular weight excluding hydrogens is 453 g/mol. The molecule has 0 aliphatic heterocycles. The molecule has 130 valence electrons. The first-order valence-corrected chi connectivity index (χ1v) is 8.25. The third-order valence-electron chi connectivity index (χ3n) is 2.93. The maximum absolute atomic E-state index is 11.9. The Morgan fingerprint density at radius 1 is 1.00 bits per heavy atom. The van der Waals surface area contributed by atoms with Crippen LogP contribution < -0.4 is 11.1 Å². The van der Waals surface area contributed by atoms with Crippen LogP contribution in [0.25, 0.3) is 0 Å². The SMILES string of the molecule is Cc1cc(Br)ccc1N.Cc1cc(Br)ccc1NC(=O)C(F)(F)F. The van der Waals surface area contributed by atoms with Crippen molar-refractivity contribution in [2.75, 3.05) is 11.1 Å². The van der Waals surface area contributed by atoms with Gasteiger partial charge in [-0.2, -0.15) is 13.2 Å². The minimum atomic E-state index is -4.86. The van der Waals surface area contributed by atoms with Gasteiger partial charge in [-0.3, -0.25) is 4.79 Å². The molecule has 2 aromatic rings. The lowest BCUT2D eigenvalue weighted by molar-refractivity contribution is -0.167. The van der Waals surface area contributed by atoms with Crippen LogP contribution in [0.15, 0.2) is 45.3 Å². The number of alkyl halides is 3. The number of anilines is 2. The molecule has 0 radical (unpaired) electrons. The van der Waals surface area contributed by atoms with Gasteiger partial charge in [0, 0.05) is 20.3 Å². The Labute approximate surface area is 154 Å². The molecule has 0 unspecified atom stereocenters. The standard InChI is InChI=1S/C9H7BrF3NO.C7H8BrN/c1-5-4-6(10)2-3-7(5)14-8(15)9(11,12)13;1-5-4-6(8)2-3-7(5)9/h2-4H,1H3,(H,14,15);2-4H,9H2,1H3. The molecule has 8 heteroatoms. The highest BCUT2D eigenvalue weighted by atomic mass is 79.9. The van der Waals surface area contributed by atoms with Crippen LogP contribution in [0.5, 0.6) is 0 Å². The quantitative estimate of drug-likeness (QED) is 0.536. The summed E-state index contributed by atoms with van der Waals surface area (Å²) in [7, 11) is 0. The van der Waals surface area contributed by atoms with Gasteiger partial charge in [0.1, 0.15) is 0 Å². The highest BCUT2D eigenvalue weighted by Crippen LogP contribution is 2.23. The van der Waals surface area contributed by atoms with E-state index in [-0.39, 0.29) is 5.69 Å². The number of aryl methyl sites for hydroxylation is 2. The highest BCUT2D eigenvalue weighted by molar-refractivity contribution is 9.10. The van der Waals surface area contributed by atoms with Crippen molar-refractivity contribution in [2.45, 2.75) is 20.0 Å². The van der Waals surface area contributed by atoms with Crippen molar-refractivity contribution < 1.29 is 18.0 Å². The van der Waals surface area contributed by atoms with Crippen LogP contribution in [0.2, 0.25) is 0 Å². The average molecular weight is 468 g/mol. The van der Waals surface area contributed by atoms with E-state index in [9.17, 15) is 18.0 Å². The lowest BCUT2D eigenvalue weighted by Gasteiger charge is -2.10. The number of amides is 1. The van der Waals surface area contributed by atoms with Gasteiger partial charge in [-0.15, -0.1) is 0 Å². The fourth-order valence-electron chi connectivity index (χ4n) is 1.60. The Morgan fingerprint density at radius 3 is 1.92 bits per heavy atom. The van der Waals surface area contributed by atoms with Gasteiger partial charge >= 0.3 is 12.1 Å². The largest absolute Gasteiger partial charge is 0.471 e. The van der Waals surface area contributed by atoms with E-state index < -0.39 is 12.1 Å². The summed E-state index contributed by atoms with van der Waals surface area (Å²) in [5.74, 6) is -1.96. The minimum absolute atomic E-state index is 0.153. The predicted molar refractivity (Wildman–Crippen MR) is 96.9 cm³/mol. The van der Waals surface area contributed by atoms with Crippen LogP contribution in [0.3, 0.4) is 0 Å². The Bertz CT molecular complexity index is 734. The van der Waals surface area contributed by atoms with E-state index in [1.807, 2.05) is 25.1 Å². The number of nitrogens with one attached hydrogen (secondary N) is 1. The van der Waals surface area contributed by atoms with E-state index >= 15 is 0 Å². The molecule has 24 heavy (non-hydrogen) atoms.